The van der Waals surface area contributed by atoms with Gasteiger partial charge in [-0.2, -0.15) is 0 Å². The maximum Gasteiger partial charge on any atom is 0.335 e. The summed E-state index contributed by atoms with van der Waals surface area (Å²) in [7, 11) is 0. The summed E-state index contributed by atoms with van der Waals surface area (Å²) < 4.78 is 1.22. The number of rotatable bonds is 6. The average molecular weight is 351 g/mol. The van der Waals surface area contributed by atoms with E-state index in [1.807, 2.05) is 0 Å². The van der Waals surface area contributed by atoms with Gasteiger partial charge in [0, 0.05) is 0 Å². The van der Waals surface area contributed by atoms with E-state index in [0.29, 0.717) is 24.2 Å². The second-order valence-corrected chi connectivity index (χ2v) is 7.44. The average Bonchev–Trinajstić information content (AvgIpc) is 2.46. The molecular formula is C20H33NO4. The van der Waals surface area contributed by atoms with Gasteiger partial charge in [-0.3, -0.25) is 0 Å². The van der Waals surface area contributed by atoms with Crippen molar-refractivity contribution in [3.05, 3.63) is 35.4 Å². The van der Waals surface area contributed by atoms with E-state index in [9.17, 15) is 14.7 Å². The zero-order chi connectivity index (χ0) is 19.9. The standard InChI is InChI=1S/C12H28N.C8H6O4/c1-9(2)13(10(3)4,11(5)6)12(7)8;9-7(10)5-2-1-3-6(4-5)8(11)12/h9-12H,1-8H3;1-4H,(H,9,10)(H,11,12)/q+1;/p-1. The molecule has 0 saturated heterocycles. The van der Waals surface area contributed by atoms with Gasteiger partial charge in [0.2, 0.25) is 0 Å². The molecule has 5 heteroatoms. The van der Waals surface area contributed by atoms with Gasteiger partial charge in [0.25, 0.3) is 0 Å². The van der Waals surface area contributed by atoms with Crippen LogP contribution in [0.15, 0.2) is 24.3 Å². The van der Waals surface area contributed by atoms with Crippen LogP contribution in [0.4, 0.5) is 0 Å². The van der Waals surface area contributed by atoms with Gasteiger partial charge in [0.15, 0.2) is 0 Å². The first-order chi connectivity index (χ1) is 11.4. The number of carboxylic acids is 2. The molecule has 0 aliphatic heterocycles. The predicted octanol–water partition coefficient (Wildman–Crippen LogP) is 3.19. The summed E-state index contributed by atoms with van der Waals surface area (Å²) in [5.74, 6) is -2.53. The Morgan fingerprint density at radius 3 is 1.44 bits per heavy atom. The third-order valence-electron chi connectivity index (χ3n) is 4.92. The van der Waals surface area contributed by atoms with Crippen LogP contribution in [0.25, 0.3) is 0 Å². The Kier molecular flexibility index (Phi) is 8.84. The topological polar surface area (TPSA) is 77.4 Å². The van der Waals surface area contributed by atoms with Crippen LogP contribution in [0.2, 0.25) is 0 Å². The monoisotopic (exact) mass is 351 g/mol. The molecule has 0 aliphatic rings. The zero-order valence-electron chi connectivity index (χ0n) is 16.7. The summed E-state index contributed by atoms with van der Waals surface area (Å²) in [4.78, 5) is 20.6. The van der Waals surface area contributed by atoms with Crippen molar-refractivity contribution >= 4 is 11.9 Å². The molecule has 0 atom stereocenters. The molecule has 0 fully saturated rings. The lowest BCUT2D eigenvalue weighted by molar-refractivity contribution is -1.00. The maximum absolute atomic E-state index is 10.4. The lowest BCUT2D eigenvalue weighted by Crippen LogP contribution is -2.65. The first-order valence-corrected chi connectivity index (χ1v) is 8.81. The van der Waals surface area contributed by atoms with E-state index in [1.165, 1.54) is 22.7 Å². The Morgan fingerprint density at radius 2 is 1.20 bits per heavy atom. The largest absolute Gasteiger partial charge is 0.545 e. The molecule has 1 N–H and O–H groups in total. The molecule has 0 aromatic heterocycles. The Hall–Kier alpha value is -1.88. The minimum Gasteiger partial charge on any atom is -0.545 e. The highest BCUT2D eigenvalue weighted by molar-refractivity contribution is 5.92. The number of hydrogen-bond donors (Lipinski definition) is 1. The fourth-order valence-corrected chi connectivity index (χ4v) is 4.36. The molecule has 0 saturated carbocycles. The number of carbonyl (C=O) groups excluding carboxylic acids is 1. The molecule has 25 heavy (non-hydrogen) atoms. The second-order valence-electron chi connectivity index (χ2n) is 7.44. The third-order valence-corrected chi connectivity index (χ3v) is 4.92. The molecule has 1 rings (SSSR count). The van der Waals surface area contributed by atoms with Gasteiger partial charge in [0.05, 0.1) is 35.7 Å². The first kappa shape index (κ1) is 23.1. The van der Waals surface area contributed by atoms with Crippen molar-refractivity contribution in [2.75, 3.05) is 0 Å². The molecule has 0 unspecified atom stereocenters. The van der Waals surface area contributed by atoms with Gasteiger partial charge in [-0.05, 0) is 73.1 Å². The molecule has 142 valence electrons. The number of hydrogen-bond acceptors (Lipinski definition) is 3. The highest BCUT2D eigenvalue weighted by Crippen LogP contribution is 2.28. The van der Waals surface area contributed by atoms with Crippen molar-refractivity contribution in [1.82, 2.24) is 0 Å². The van der Waals surface area contributed by atoms with Crippen LogP contribution in [-0.2, 0) is 0 Å². The van der Waals surface area contributed by atoms with Crippen LogP contribution in [-0.4, -0.2) is 45.7 Å². The van der Waals surface area contributed by atoms with E-state index in [4.69, 9.17) is 5.11 Å². The number of nitrogens with zero attached hydrogens (tertiary/aromatic N) is 1. The minimum atomic E-state index is -1.38. The van der Waals surface area contributed by atoms with Crippen molar-refractivity contribution in [1.29, 1.82) is 0 Å². The third kappa shape index (κ3) is 5.56. The van der Waals surface area contributed by atoms with Crippen LogP contribution in [0.5, 0.6) is 0 Å². The Morgan fingerprint density at radius 1 is 0.840 bits per heavy atom. The summed E-state index contributed by atoms with van der Waals surface area (Å²) in [6.45, 7) is 18.8. The molecule has 1 aromatic carbocycles. The van der Waals surface area contributed by atoms with E-state index >= 15 is 0 Å². The SMILES string of the molecule is CC(C)[N+](C(C)C)(C(C)C)C(C)C.O=C([O-])c1cccc(C(=O)O)c1. The smallest absolute Gasteiger partial charge is 0.335 e. The van der Waals surface area contributed by atoms with E-state index in [-0.39, 0.29) is 11.1 Å². The van der Waals surface area contributed by atoms with Crippen LogP contribution in [0.1, 0.15) is 76.1 Å². The summed E-state index contributed by atoms with van der Waals surface area (Å²) in [5.41, 5.74) is -0.188. The van der Waals surface area contributed by atoms with Crippen molar-refractivity contribution in [3.63, 3.8) is 0 Å². The molecular weight excluding hydrogens is 318 g/mol. The molecule has 0 radical (unpaired) electrons. The summed E-state index contributed by atoms with van der Waals surface area (Å²) in [5, 5.41) is 18.7. The number of quaternary nitrogens is 1. The highest BCUT2D eigenvalue weighted by Gasteiger charge is 2.40. The summed E-state index contributed by atoms with van der Waals surface area (Å²) in [6, 6.07) is 7.84. The normalized spacial score (nSPS) is 11.7. The van der Waals surface area contributed by atoms with Gasteiger partial charge >= 0.3 is 5.97 Å². The van der Waals surface area contributed by atoms with E-state index < -0.39 is 11.9 Å². The van der Waals surface area contributed by atoms with Crippen molar-refractivity contribution < 1.29 is 24.3 Å². The second kappa shape index (κ2) is 9.56. The summed E-state index contributed by atoms with van der Waals surface area (Å²) in [6.07, 6.45) is 0. The number of aromatic carboxylic acids is 2. The number of carboxylic acid groups (broad SMARTS) is 2. The van der Waals surface area contributed by atoms with Crippen LogP contribution in [0, 0.1) is 0 Å². The fraction of sp³-hybridized carbons (Fsp3) is 0.600. The van der Waals surface area contributed by atoms with Crippen molar-refractivity contribution in [3.8, 4) is 0 Å². The van der Waals surface area contributed by atoms with E-state index in [1.54, 1.807) is 0 Å². The van der Waals surface area contributed by atoms with Crippen LogP contribution < -0.4 is 5.11 Å². The van der Waals surface area contributed by atoms with Gasteiger partial charge < -0.3 is 19.5 Å². The van der Waals surface area contributed by atoms with Gasteiger partial charge in [0.1, 0.15) is 0 Å². The Bertz CT molecular complexity index is 510. The Balaban J connectivity index is 0.000000462. The molecule has 0 aliphatic carbocycles. The van der Waals surface area contributed by atoms with Gasteiger partial charge in [-0.15, -0.1) is 0 Å². The number of benzene rings is 1. The van der Waals surface area contributed by atoms with Gasteiger partial charge in [-0.25, -0.2) is 4.79 Å². The quantitative estimate of drug-likeness (QED) is 0.799. The minimum absolute atomic E-state index is 0.0586. The first-order valence-electron chi connectivity index (χ1n) is 8.81. The van der Waals surface area contributed by atoms with Crippen molar-refractivity contribution in [2.24, 2.45) is 0 Å². The van der Waals surface area contributed by atoms with E-state index in [0.717, 1.165) is 6.07 Å². The fourth-order valence-electron chi connectivity index (χ4n) is 4.36. The molecule has 0 spiro atoms. The highest BCUT2D eigenvalue weighted by atomic mass is 16.4. The molecule has 1 aromatic rings. The molecule has 0 bridgehead atoms. The van der Waals surface area contributed by atoms with Gasteiger partial charge in [-0.1, -0.05) is 12.1 Å². The van der Waals surface area contributed by atoms with Crippen LogP contribution in [0.3, 0.4) is 0 Å². The summed E-state index contributed by atoms with van der Waals surface area (Å²) >= 11 is 0. The Labute approximate surface area is 151 Å². The van der Waals surface area contributed by atoms with Crippen molar-refractivity contribution in [2.45, 2.75) is 79.6 Å². The molecule has 5 nitrogen and oxygen atoms in total. The lowest BCUT2D eigenvalue weighted by atomic mass is 10.0. The maximum atomic E-state index is 10.4. The van der Waals surface area contributed by atoms with Crippen LogP contribution >= 0.6 is 0 Å². The zero-order valence-corrected chi connectivity index (χ0v) is 16.7. The molecule has 0 amide bonds. The number of carbonyl (C=O) groups is 2. The lowest BCUT2D eigenvalue weighted by Gasteiger charge is -2.52. The predicted molar refractivity (Wildman–Crippen MR) is 98.5 cm³/mol. The van der Waals surface area contributed by atoms with E-state index in [2.05, 4.69) is 55.4 Å². The molecule has 0 heterocycles.